The second kappa shape index (κ2) is 12.8. The average molecular weight is 395 g/mol. The number of carbonyl (C=O) groups is 1. The Balaban J connectivity index is 1.91. The van der Waals surface area contributed by atoms with Gasteiger partial charge in [0.05, 0.1) is 0 Å². The van der Waals surface area contributed by atoms with Crippen molar-refractivity contribution < 1.29 is 14.6 Å². The highest BCUT2D eigenvalue weighted by Crippen LogP contribution is 2.27. The highest BCUT2D eigenvalue weighted by molar-refractivity contribution is 5.94. The molecule has 29 heavy (non-hydrogen) atoms. The van der Waals surface area contributed by atoms with E-state index in [1.165, 1.54) is 44.9 Å². The van der Waals surface area contributed by atoms with Crippen molar-refractivity contribution in [3.05, 3.63) is 71.8 Å². The number of allylic oxidation sites excluding steroid dienone is 1. The van der Waals surface area contributed by atoms with Crippen LogP contribution in [0.4, 0.5) is 0 Å². The molecular weight excluding hydrogens is 360 g/mol. The topological polar surface area (TPSA) is 46.5 Å². The van der Waals surface area contributed by atoms with Crippen LogP contribution >= 0.6 is 0 Å². The van der Waals surface area contributed by atoms with Gasteiger partial charge in [0.15, 0.2) is 0 Å². The summed E-state index contributed by atoms with van der Waals surface area (Å²) in [5, 5.41) is 10.4. The molecule has 0 aliphatic carbocycles. The molecule has 0 bridgehead atoms. The van der Waals surface area contributed by atoms with Gasteiger partial charge in [-0.25, -0.2) is 4.79 Å². The van der Waals surface area contributed by atoms with Crippen LogP contribution in [0.1, 0.15) is 79.8 Å². The number of hydrogen-bond donors (Lipinski definition) is 1. The molecule has 2 aromatic rings. The fourth-order valence-electron chi connectivity index (χ4n) is 3.49. The Hall–Kier alpha value is -2.55. The number of phenols is 1. The number of phenolic OH excluding ortho intramolecular Hbond substituents is 1. The van der Waals surface area contributed by atoms with Gasteiger partial charge in [0.2, 0.25) is 0 Å². The summed E-state index contributed by atoms with van der Waals surface area (Å²) in [4.78, 5) is 12.6. The smallest absolute Gasteiger partial charge is 0.347 e. The summed E-state index contributed by atoms with van der Waals surface area (Å²) in [5.74, 6) is 0.0173. The first-order chi connectivity index (χ1) is 14.2. The second-order valence-corrected chi connectivity index (χ2v) is 7.53. The van der Waals surface area contributed by atoms with Gasteiger partial charge in [0.1, 0.15) is 17.1 Å². The molecule has 1 N–H and O–H groups in total. The average Bonchev–Trinajstić information content (AvgIpc) is 2.72. The van der Waals surface area contributed by atoms with Crippen molar-refractivity contribution in [1.29, 1.82) is 0 Å². The molecule has 0 fully saturated rings. The molecule has 0 aliphatic heterocycles. The lowest BCUT2D eigenvalue weighted by Crippen LogP contribution is -2.11. The van der Waals surface area contributed by atoms with E-state index in [0.717, 1.165) is 18.4 Å². The molecular formula is C26H34O3. The van der Waals surface area contributed by atoms with Crippen LogP contribution in [0.3, 0.4) is 0 Å². The summed E-state index contributed by atoms with van der Waals surface area (Å²) in [6, 6.07) is 12.8. The first kappa shape index (κ1) is 22.7. The lowest BCUT2D eigenvalue weighted by Gasteiger charge is -2.12. The van der Waals surface area contributed by atoms with Gasteiger partial charge < -0.3 is 9.84 Å². The van der Waals surface area contributed by atoms with Crippen molar-refractivity contribution in [1.82, 2.24) is 0 Å². The molecule has 0 saturated carbocycles. The number of ether oxygens (including phenoxy) is 1. The number of hydrogen-bond acceptors (Lipinski definition) is 3. The van der Waals surface area contributed by atoms with E-state index in [1.807, 2.05) is 24.3 Å². The first-order valence-corrected chi connectivity index (χ1v) is 10.9. The third kappa shape index (κ3) is 7.41. The Labute approximate surface area is 175 Å². The van der Waals surface area contributed by atoms with Crippen LogP contribution < -0.4 is 4.74 Å². The number of carbonyl (C=O) groups excluding carboxylic acids is 1. The lowest BCUT2D eigenvalue weighted by atomic mass is 10.0. The molecule has 0 heterocycles. The molecule has 0 unspecified atom stereocenters. The number of benzene rings is 2. The Morgan fingerprint density at radius 1 is 0.931 bits per heavy atom. The van der Waals surface area contributed by atoms with E-state index in [1.54, 1.807) is 24.3 Å². The van der Waals surface area contributed by atoms with Gasteiger partial charge in [-0.2, -0.15) is 0 Å². The van der Waals surface area contributed by atoms with Crippen LogP contribution in [0.25, 0.3) is 0 Å². The zero-order valence-corrected chi connectivity index (χ0v) is 17.7. The predicted molar refractivity (Wildman–Crippen MR) is 120 cm³/mol. The normalized spacial score (nSPS) is 10.7. The van der Waals surface area contributed by atoms with Gasteiger partial charge in [0.25, 0.3) is 0 Å². The zero-order valence-electron chi connectivity index (χ0n) is 17.7. The molecule has 2 aromatic carbocycles. The van der Waals surface area contributed by atoms with Crippen molar-refractivity contribution in [2.45, 2.75) is 71.1 Å². The van der Waals surface area contributed by atoms with Crippen molar-refractivity contribution in [3.8, 4) is 11.5 Å². The van der Waals surface area contributed by atoms with Crippen molar-refractivity contribution >= 4 is 5.97 Å². The maximum Gasteiger partial charge on any atom is 0.347 e. The molecule has 156 valence electrons. The molecule has 3 heteroatoms. The fraction of sp³-hybridized carbons (Fsp3) is 0.423. The minimum absolute atomic E-state index is 0.0297. The Morgan fingerprint density at radius 3 is 2.31 bits per heavy atom. The van der Waals surface area contributed by atoms with E-state index >= 15 is 0 Å². The molecule has 0 amide bonds. The number of aromatic hydroxyl groups is 1. The van der Waals surface area contributed by atoms with E-state index < -0.39 is 5.97 Å². The quantitative estimate of drug-likeness (QED) is 0.172. The molecule has 0 radical (unpaired) electrons. The molecule has 0 aromatic heterocycles. The van der Waals surface area contributed by atoms with E-state index in [2.05, 4.69) is 13.5 Å². The highest BCUT2D eigenvalue weighted by atomic mass is 16.5. The maximum absolute atomic E-state index is 12.6. The molecule has 3 nitrogen and oxygen atoms in total. The summed E-state index contributed by atoms with van der Waals surface area (Å²) >= 11 is 0. The third-order valence-corrected chi connectivity index (χ3v) is 5.18. The Morgan fingerprint density at radius 2 is 1.59 bits per heavy atom. The number of para-hydroxylation sites is 2. The number of aryl methyl sites for hydroxylation is 1. The van der Waals surface area contributed by atoms with E-state index in [9.17, 15) is 9.90 Å². The minimum atomic E-state index is -0.531. The Bertz CT molecular complexity index is 779. The van der Waals surface area contributed by atoms with Gasteiger partial charge in [-0.15, -0.1) is 6.58 Å². The number of unbranched alkanes of at least 4 members (excludes halogenated alkanes) is 7. The van der Waals surface area contributed by atoms with E-state index in [0.29, 0.717) is 17.7 Å². The molecule has 2 rings (SSSR count). The van der Waals surface area contributed by atoms with Crippen LogP contribution in [-0.4, -0.2) is 11.1 Å². The largest absolute Gasteiger partial charge is 0.507 e. The minimum Gasteiger partial charge on any atom is -0.507 e. The van der Waals surface area contributed by atoms with Gasteiger partial charge in [-0.05, 0) is 42.5 Å². The number of rotatable bonds is 13. The van der Waals surface area contributed by atoms with Crippen LogP contribution in [0, 0.1) is 0 Å². The number of esters is 1. The van der Waals surface area contributed by atoms with Gasteiger partial charge in [-0.1, -0.05) is 88.3 Å². The maximum atomic E-state index is 12.6. The third-order valence-electron chi connectivity index (χ3n) is 5.18. The van der Waals surface area contributed by atoms with Crippen molar-refractivity contribution in [3.63, 3.8) is 0 Å². The van der Waals surface area contributed by atoms with Crippen molar-refractivity contribution in [2.24, 2.45) is 0 Å². The van der Waals surface area contributed by atoms with Gasteiger partial charge in [0, 0.05) is 0 Å². The molecule has 0 saturated heterocycles. The van der Waals surface area contributed by atoms with Crippen LogP contribution in [-0.2, 0) is 12.8 Å². The summed E-state index contributed by atoms with van der Waals surface area (Å²) in [6.07, 6.45) is 13.2. The lowest BCUT2D eigenvalue weighted by molar-refractivity contribution is 0.0729. The fourth-order valence-corrected chi connectivity index (χ4v) is 3.49. The van der Waals surface area contributed by atoms with Gasteiger partial charge in [-0.3, -0.25) is 0 Å². The summed E-state index contributed by atoms with van der Waals surface area (Å²) in [7, 11) is 0. The van der Waals surface area contributed by atoms with E-state index in [4.69, 9.17) is 4.74 Å². The standard InChI is InChI=1S/C26H34O3/c1-3-5-6-7-8-9-10-11-16-21-17-12-13-20-24(21)29-26(28)23-19-14-18-22(15-4-2)25(23)27/h4,12-14,17-20,27H,2-3,5-11,15-16H2,1H3. The molecule has 0 spiro atoms. The molecule has 0 atom stereocenters. The SMILES string of the molecule is C=CCc1cccc(C(=O)Oc2ccccc2CCCCCCCCCC)c1O. The first-order valence-electron chi connectivity index (χ1n) is 10.9. The van der Waals surface area contributed by atoms with Crippen molar-refractivity contribution in [2.75, 3.05) is 0 Å². The Kier molecular flexibility index (Phi) is 10.1. The highest BCUT2D eigenvalue weighted by Gasteiger charge is 2.17. The van der Waals surface area contributed by atoms with Crippen LogP contribution in [0.15, 0.2) is 55.1 Å². The molecule has 0 aliphatic rings. The summed E-state index contributed by atoms with van der Waals surface area (Å²) in [5.41, 5.74) is 1.89. The summed E-state index contributed by atoms with van der Waals surface area (Å²) < 4.78 is 5.64. The van der Waals surface area contributed by atoms with Crippen LogP contribution in [0.5, 0.6) is 11.5 Å². The monoisotopic (exact) mass is 394 g/mol. The van der Waals surface area contributed by atoms with Gasteiger partial charge >= 0.3 is 5.97 Å². The second-order valence-electron chi connectivity index (χ2n) is 7.53. The summed E-state index contributed by atoms with van der Waals surface area (Å²) in [6.45, 7) is 5.92. The van der Waals surface area contributed by atoms with Crippen LogP contribution in [0.2, 0.25) is 0 Å². The zero-order chi connectivity index (χ0) is 20.9. The predicted octanol–water partition coefficient (Wildman–Crippen LogP) is 7.02. The van der Waals surface area contributed by atoms with E-state index in [-0.39, 0.29) is 11.3 Å².